The van der Waals surface area contributed by atoms with Gasteiger partial charge in [0.05, 0.1) is 18.7 Å². The van der Waals surface area contributed by atoms with Crippen LogP contribution in [-0.4, -0.2) is 59.5 Å². The summed E-state index contributed by atoms with van der Waals surface area (Å²) in [6, 6.07) is 3.94. The Labute approximate surface area is 158 Å². The van der Waals surface area contributed by atoms with E-state index in [1.54, 1.807) is 0 Å². The summed E-state index contributed by atoms with van der Waals surface area (Å²) in [5.74, 6) is 0.00701. The SMILES string of the molecule is Cc1ccc2c(N=NC(=S)NCCCN3CCOCC3)c(O)[nH]c2c1C. The van der Waals surface area contributed by atoms with Gasteiger partial charge in [-0.15, -0.1) is 10.2 Å². The zero-order valence-electron chi connectivity index (χ0n) is 15.2. The molecule has 0 radical (unpaired) electrons. The van der Waals surface area contributed by atoms with Crippen molar-refractivity contribution in [1.29, 1.82) is 0 Å². The molecule has 2 aromatic rings. The van der Waals surface area contributed by atoms with Gasteiger partial charge < -0.3 is 20.1 Å². The first kappa shape index (κ1) is 18.8. The number of hydrogen-bond acceptors (Lipinski definition) is 5. The first-order valence-electron chi connectivity index (χ1n) is 8.87. The maximum Gasteiger partial charge on any atom is 0.218 e. The summed E-state index contributed by atoms with van der Waals surface area (Å²) in [4.78, 5) is 5.35. The first-order chi connectivity index (χ1) is 12.6. The molecule has 1 fully saturated rings. The molecule has 0 unspecified atom stereocenters. The van der Waals surface area contributed by atoms with Crippen LogP contribution >= 0.6 is 12.2 Å². The van der Waals surface area contributed by atoms with Gasteiger partial charge in [-0.2, -0.15) is 0 Å². The van der Waals surface area contributed by atoms with Crippen LogP contribution in [-0.2, 0) is 4.74 Å². The predicted octanol–water partition coefficient (Wildman–Crippen LogP) is 3.17. The number of fused-ring (bicyclic) bond motifs is 1. The summed E-state index contributed by atoms with van der Waals surface area (Å²) in [6.45, 7) is 9.40. The average molecular weight is 375 g/mol. The zero-order chi connectivity index (χ0) is 18.5. The van der Waals surface area contributed by atoms with Crippen molar-refractivity contribution in [1.82, 2.24) is 15.2 Å². The molecule has 1 aromatic heterocycles. The summed E-state index contributed by atoms with van der Waals surface area (Å²) < 4.78 is 5.34. The lowest BCUT2D eigenvalue weighted by molar-refractivity contribution is 0.0376. The molecule has 140 valence electrons. The maximum atomic E-state index is 10.1. The number of morpholine rings is 1. The highest BCUT2D eigenvalue weighted by Gasteiger charge is 2.13. The fourth-order valence-corrected chi connectivity index (χ4v) is 3.18. The van der Waals surface area contributed by atoms with Crippen LogP contribution < -0.4 is 5.32 Å². The number of benzene rings is 1. The van der Waals surface area contributed by atoms with Crippen molar-refractivity contribution in [3.8, 4) is 5.88 Å². The quantitative estimate of drug-likeness (QED) is 0.425. The molecule has 0 atom stereocenters. The molecule has 1 aliphatic rings. The van der Waals surface area contributed by atoms with Gasteiger partial charge in [-0.25, -0.2) is 0 Å². The number of nitrogens with one attached hydrogen (secondary N) is 2. The molecule has 1 aromatic carbocycles. The van der Waals surface area contributed by atoms with Crippen LogP contribution in [0.25, 0.3) is 10.9 Å². The number of nitrogens with zero attached hydrogens (tertiary/aromatic N) is 3. The number of azo groups is 1. The minimum Gasteiger partial charge on any atom is -0.493 e. The van der Waals surface area contributed by atoms with Crippen molar-refractivity contribution in [2.24, 2.45) is 10.2 Å². The molecular weight excluding hydrogens is 350 g/mol. The Kier molecular flexibility index (Phi) is 6.18. The second kappa shape index (κ2) is 8.57. The number of thiocarbonyl (C=S) groups is 1. The molecule has 8 heteroatoms. The largest absolute Gasteiger partial charge is 0.493 e. The molecule has 1 saturated heterocycles. The van der Waals surface area contributed by atoms with E-state index in [1.165, 1.54) is 0 Å². The second-order valence-corrected chi connectivity index (χ2v) is 6.88. The predicted molar refractivity (Wildman–Crippen MR) is 106 cm³/mol. The van der Waals surface area contributed by atoms with Crippen molar-refractivity contribution in [3.05, 3.63) is 23.3 Å². The summed E-state index contributed by atoms with van der Waals surface area (Å²) in [7, 11) is 0. The number of ether oxygens (including phenoxy) is 1. The molecule has 1 aliphatic heterocycles. The number of aryl methyl sites for hydroxylation is 2. The normalized spacial score (nSPS) is 15.8. The molecule has 26 heavy (non-hydrogen) atoms. The van der Waals surface area contributed by atoms with Gasteiger partial charge in [0.1, 0.15) is 0 Å². The minimum absolute atomic E-state index is 0.00701. The number of aromatic nitrogens is 1. The Hall–Kier alpha value is -2.03. The van der Waals surface area contributed by atoms with Crippen LogP contribution in [0.4, 0.5) is 5.69 Å². The lowest BCUT2D eigenvalue weighted by Crippen LogP contribution is -2.37. The Balaban J connectivity index is 1.54. The van der Waals surface area contributed by atoms with E-state index >= 15 is 0 Å². The molecule has 0 amide bonds. The van der Waals surface area contributed by atoms with Gasteiger partial charge in [0.25, 0.3) is 0 Å². The molecule has 0 spiro atoms. The van der Waals surface area contributed by atoms with Crippen LogP contribution in [0, 0.1) is 13.8 Å². The van der Waals surface area contributed by atoms with Crippen molar-refractivity contribution in [3.63, 3.8) is 0 Å². The standard InChI is InChI=1S/C18H25N5O2S/c1-12-4-5-14-15(13(12)2)20-17(24)16(14)21-22-18(26)19-6-3-7-23-8-10-25-11-9-23/h4-5,20,24H,3,6-11H2,1-2H3,(H,19,26). The fourth-order valence-electron chi connectivity index (χ4n) is 3.03. The van der Waals surface area contributed by atoms with Crippen LogP contribution in [0.1, 0.15) is 17.5 Å². The van der Waals surface area contributed by atoms with Crippen molar-refractivity contribution in [2.75, 3.05) is 39.4 Å². The minimum atomic E-state index is 0.00701. The number of H-pyrrole nitrogens is 1. The van der Waals surface area contributed by atoms with Gasteiger partial charge >= 0.3 is 0 Å². The van der Waals surface area contributed by atoms with Gasteiger partial charge in [0.15, 0.2) is 5.69 Å². The molecule has 3 rings (SSSR count). The van der Waals surface area contributed by atoms with Crippen LogP contribution in [0.15, 0.2) is 22.4 Å². The lowest BCUT2D eigenvalue weighted by Gasteiger charge is -2.26. The molecule has 0 aliphatic carbocycles. The maximum absolute atomic E-state index is 10.1. The molecule has 7 nitrogen and oxygen atoms in total. The third-order valence-electron chi connectivity index (χ3n) is 4.73. The molecule has 0 saturated carbocycles. The highest BCUT2D eigenvalue weighted by atomic mass is 32.1. The summed E-state index contributed by atoms with van der Waals surface area (Å²) in [5, 5.41) is 22.6. The summed E-state index contributed by atoms with van der Waals surface area (Å²) >= 11 is 5.21. The molecule has 0 bridgehead atoms. The average Bonchev–Trinajstić information content (AvgIpc) is 2.97. The zero-order valence-corrected chi connectivity index (χ0v) is 16.0. The Bertz CT molecular complexity index is 812. The van der Waals surface area contributed by atoms with Gasteiger partial charge in [-0.1, -0.05) is 12.1 Å². The van der Waals surface area contributed by atoms with Gasteiger partial charge in [0, 0.05) is 25.0 Å². The lowest BCUT2D eigenvalue weighted by atomic mass is 10.1. The van der Waals surface area contributed by atoms with Crippen molar-refractivity contribution >= 4 is 33.9 Å². The Morgan fingerprint density at radius 3 is 2.88 bits per heavy atom. The van der Waals surface area contributed by atoms with Gasteiger partial charge in [0.2, 0.25) is 11.0 Å². The van der Waals surface area contributed by atoms with Gasteiger partial charge in [-0.3, -0.25) is 4.90 Å². The fraction of sp³-hybridized carbons (Fsp3) is 0.500. The van der Waals surface area contributed by atoms with E-state index in [0.717, 1.165) is 67.8 Å². The van der Waals surface area contributed by atoms with Crippen LogP contribution in [0.3, 0.4) is 0 Å². The molecule has 2 heterocycles. The van der Waals surface area contributed by atoms with E-state index in [-0.39, 0.29) is 5.88 Å². The highest BCUT2D eigenvalue weighted by molar-refractivity contribution is 7.80. The number of hydrogen-bond donors (Lipinski definition) is 3. The van der Waals surface area contributed by atoms with E-state index in [1.807, 2.05) is 26.0 Å². The smallest absolute Gasteiger partial charge is 0.218 e. The van der Waals surface area contributed by atoms with E-state index in [0.29, 0.717) is 10.8 Å². The van der Waals surface area contributed by atoms with Crippen molar-refractivity contribution < 1.29 is 9.84 Å². The molecular formula is C18H25N5O2S. The van der Waals surface area contributed by atoms with Crippen LogP contribution in [0.5, 0.6) is 5.88 Å². The summed E-state index contributed by atoms with van der Waals surface area (Å²) in [5.41, 5.74) is 3.53. The monoisotopic (exact) mass is 375 g/mol. The Morgan fingerprint density at radius 1 is 1.35 bits per heavy atom. The number of aromatic hydroxyl groups is 1. The Morgan fingerprint density at radius 2 is 2.12 bits per heavy atom. The van der Waals surface area contributed by atoms with E-state index in [4.69, 9.17) is 17.0 Å². The molecule has 3 N–H and O–H groups in total. The van der Waals surface area contributed by atoms with Crippen LogP contribution in [0.2, 0.25) is 0 Å². The third kappa shape index (κ3) is 4.38. The van der Waals surface area contributed by atoms with Crippen molar-refractivity contribution in [2.45, 2.75) is 20.3 Å². The van der Waals surface area contributed by atoms with E-state index in [2.05, 4.69) is 25.4 Å². The topological polar surface area (TPSA) is 85.2 Å². The number of rotatable bonds is 5. The first-order valence-corrected chi connectivity index (χ1v) is 9.27. The third-order valence-corrected chi connectivity index (χ3v) is 4.96. The number of aromatic amines is 1. The highest BCUT2D eigenvalue weighted by Crippen LogP contribution is 2.37. The van der Waals surface area contributed by atoms with Gasteiger partial charge in [-0.05, 0) is 50.2 Å². The van der Waals surface area contributed by atoms with E-state index < -0.39 is 0 Å². The van der Waals surface area contributed by atoms with E-state index in [9.17, 15) is 5.11 Å². The second-order valence-electron chi connectivity index (χ2n) is 6.49. The summed E-state index contributed by atoms with van der Waals surface area (Å²) in [6.07, 6.45) is 0.979.